The third kappa shape index (κ3) is 9.08. The quantitative estimate of drug-likeness (QED) is 0.584. The summed E-state index contributed by atoms with van der Waals surface area (Å²) in [7, 11) is -3.99. The summed E-state index contributed by atoms with van der Waals surface area (Å²) in [5.74, 6) is -0.245. The molecule has 0 aromatic rings. The largest absolute Gasteiger partial charge is 0.511 e. The lowest BCUT2D eigenvalue weighted by atomic mass is 10.8. The van der Waals surface area contributed by atoms with Crippen molar-refractivity contribution in [1.29, 1.82) is 0 Å². The number of nitrogens with two attached hydrogens (primary N) is 1. The molecular weight excluding hydrogens is 215 g/mol. The maximum Gasteiger partial charge on any atom is 0.511 e. The number of rotatable bonds is 0. The van der Waals surface area contributed by atoms with Crippen LogP contribution in [0.1, 0.15) is 6.92 Å². The van der Waals surface area contributed by atoms with Gasteiger partial charge in [-0.1, -0.05) is 0 Å². The fourth-order valence-electron chi connectivity index (χ4n) is 0. The van der Waals surface area contributed by atoms with Gasteiger partial charge in [-0.3, -0.25) is 4.79 Å². The number of sulfonamides is 1. The SMILES string of the molecule is COC(C)=O.NS(=O)(=O)C(F)(F)F. The highest BCUT2D eigenvalue weighted by Crippen LogP contribution is 2.18. The van der Waals surface area contributed by atoms with Gasteiger partial charge < -0.3 is 4.74 Å². The van der Waals surface area contributed by atoms with Gasteiger partial charge in [0, 0.05) is 6.92 Å². The van der Waals surface area contributed by atoms with E-state index in [-0.39, 0.29) is 5.97 Å². The maximum atomic E-state index is 10.8. The maximum absolute atomic E-state index is 10.8. The number of hydrogen-bond acceptors (Lipinski definition) is 4. The van der Waals surface area contributed by atoms with E-state index in [1.165, 1.54) is 14.0 Å². The van der Waals surface area contributed by atoms with E-state index in [0.717, 1.165) is 0 Å². The van der Waals surface area contributed by atoms with Gasteiger partial charge >= 0.3 is 21.5 Å². The molecule has 0 amide bonds. The van der Waals surface area contributed by atoms with Gasteiger partial charge in [-0.25, -0.2) is 13.6 Å². The van der Waals surface area contributed by atoms with Gasteiger partial charge in [-0.2, -0.15) is 13.2 Å². The fraction of sp³-hybridized carbons (Fsp3) is 0.750. The Labute approximate surface area is 72.7 Å². The number of primary sulfonamides is 1. The number of methoxy groups -OCH3 is 1. The zero-order chi connectivity index (χ0) is 11.3. The lowest BCUT2D eigenvalue weighted by Crippen LogP contribution is -2.30. The zero-order valence-electron chi connectivity index (χ0n) is 6.75. The molecule has 0 radical (unpaired) electrons. The van der Waals surface area contributed by atoms with E-state index in [9.17, 15) is 26.4 Å². The predicted octanol–water partition coefficient (Wildman–Crippen LogP) is -0.0260. The first kappa shape index (κ1) is 14.7. The Morgan fingerprint density at radius 3 is 1.54 bits per heavy atom. The normalized spacial score (nSPS) is 11.2. The lowest BCUT2D eigenvalue weighted by Gasteiger charge is -1.98. The second-order valence-electron chi connectivity index (χ2n) is 1.69. The molecule has 0 unspecified atom stereocenters. The van der Waals surface area contributed by atoms with Crippen LogP contribution >= 0.6 is 0 Å². The first-order chi connectivity index (χ1) is 5.52. The summed E-state index contributed by atoms with van der Waals surface area (Å²) >= 11 is 0. The van der Waals surface area contributed by atoms with Gasteiger partial charge in [0.2, 0.25) is 0 Å². The molecule has 2 N–H and O–H groups in total. The van der Waals surface area contributed by atoms with Gasteiger partial charge in [0.15, 0.2) is 0 Å². The Kier molecular flexibility index (Phi) is 5.67. The topological polar surface area (TPSA) is 86.5 Å². The standard InChI is InChI=1S/C3H6O2.CH2F3NO2S/c1-3(4)5-2;2-1(3,4)8(5,6)7/h1-2H3;(H2,5,6,7). The Morgan fingerprint density at radius 1 is 1.38 bits per heavy atom. The van der Waals surface area contributed by atoms with Crippen molar-refractivity contribution in [3.63, 3.8) is 0 Å². The van der Waals surface area contributed by atoms with Crippen LogP contribution in [0.3, 0.4) is 0 Å². The molecule has 0 aromatic heterocycles. The molecular formula is C4H8F3NO4S. The van der Waals surface area contributed by atoms with Gasteiger partial charge in [0.1, 0.15) is 0 Å². The van der Waals surface area contributed by atoms with Crippen LogP contribution in [0, 0.1) is 0 Å². The summed E-state index contributed by atoms with van der Waals surface area (Å²) in [5, 5.41) is 3.66. The second kappa shape index (κ2) is 5.02. The minimum absolute atomic E-state index is 0.245. The van der Waals surface area contributed by atoms with E-state index < -0.39 is 15.5 Å². The molecule has 0 saturated heterocycles. The molecule has 0 aliphatic heterocycles. The molecule has 13 heavy (non-hydrogen) atoms. The third-order valence-corrected chi connectivity index (χ3v) is 1.26. The minimum Gasteiger partial charge on any atom is -0.469 e. The number of esters is 1. The van der Waals surface area contributed by atoms with E-state index in [2.05, 4.69) is 9.88 Å². The summed E-state index contributed by atoms with van der Waals surface area (Å²) in [6.45, 7) is 1.36. The van der Waals surface area contributed by atoms with E-state index in [0.29, 0.717) is 0 Å². The molecule has 0 aromatic carbocycles. The second-order valence-corrected chi connectivity index (χ2v) is 3.24. The zero-order valence-corrected chi connectivity index (χ0v) is 7.57. The van der Waals surface area contributed by atoms with Crippen molar-refractivity contribution in [2.45, 2.75) is 12.4 Å². The fourth-order valence-corrected chi connectivity index (χ4v) is 0. The first-order valence-electron chi connectivity index (χ1n) is 2.66. The van der Waals surface area contributed by atoms with Crippen molar-refractivity contribution in [1.82, 2.24) is 0 Å². The lowest BCUT2D eigenvalue weighted by molar-refractivity contribution is -0.137. The summed E-state index contributed by atoms with van der Waals surface area (Å²) in [5.41, 5.74) is -5.31. The van der Waals surface area contributed by atoms with Crippen LogP contribution in [0.15, 0.2) is 0 Å². The highest BCUT2D eigenvalue weighted by atomic mass is 32.2. The Hall–Kier alpha value is -0.830. The van der Waals surface area contributed by atoms with Crippen LogP contribution in [-0.4, -0.2) is 27.0 Å². The summed E-state index contributed by atoms with van der Waals surface area (Å²) in [6, 6.07) is 0. The minimum atomic E-state index is -5.34. The van der Waals surface area contributed by atoms with E-state index >= 15 is 0 Å². The van der Waals surface area contributed by atoms with Crippen LogP contribution in [0.2, 0.25) is 0 Å². The van der Waals surface area contributed by atoms with Crippen molar-refractivity contribution in [2.75, 3.05) is 7.11 Å². The van der Waals surface area contributed by atoms with Crippen LogP contribution in [0.4, 0.5) is 13.2 Å². The molecule has 0 bridgehead atoms. The van der Waals surface area contributed by atoms with Crippen molar-refractivity contribution in [3.05, 3.63) is 0 Å². The molecule has 9 heteroatoms. The number of carbonyl (C=O) groups excluding carboxylic acids is 1. The Balaban J connectivity index is 0. The number of ether oxygens (including phenoxy) is 1. The molecule has 0 heterocycles. The molecule has 0 aliphatic rings. The Morgan fingerprint density at radius 2 is 1.54 bits per heavy atom. The van der Waals surface area contributed by atoms with Crippen molar-refractivity contribution in [3.8, 4) is 0 Å². The molecule has 0 atom stereocenters. The molecule has 0 aliphatic carbocycles. The van der Waals surface area contributed by atoms with Crippen LogP contribution in [-0.2, 0) is 19.6 Å². The highest BCUT2D eigenvalue weighted by molar-refractivity contribution is 7.90. The molecule has 0 spiro atoms. The van der Waals surface area contributed by atoms with Crippen LogP contribution in [0.25, 0.3) is 0 Å². The average molecular weight is 223 g/mol. The highest BCUT2D eigenvalue weighted by Gasteiger charge is 2.42. The molecule has 0 rings (SSSR count). The molecule has 5 nitrogen and oxygen atoms in total. The molecule has 80 valence electrons. The summed E-state index contributed by atoms with van der Waals surface area (Å²) in [4.78, 5) is 9.59. The van der Waals surface area contributed by atoms with E-state index in [1.807, 2.05) is 0 Å². The predicted molar refractivity (Wildman–Crippen MR) is 36.9 cm³/mol. The smallest absolute Gasteiger partial charge is 0.469 e. The van der Waals surface area contributed by atoms with E-state index in [4.69, 9.17) is 0 Å². The number of hydrogen-bond donors (Lipinski definition) is 1. The summed E-state index contributed by atoms with van der Waals surface area (Å²) < 4.78 is 55.3. The monoisotopic (exact) mass is 223 g/mol. The van der Waals surface area contributed by atoms with Crippen LogP contribution in [0.5, 0.6) is 0 Å². The number of halogens is 3. The van der Waals surface area contributed by atoms with E-state index in [1.54, 1.807) is 0 Å². The van der Waals surface area contributed by atoms with Crippen molar-refractivity contribution in [2.24, 2.45) is 5.14 Å². The van der Waals surface area contributed by atoms with Gasteiger partial charge in [-0.15, -0.1) is 0 Å². The van der Waals surface area contributed by atoms with Gasteiger partial charge in [-0.05, 0) is 0 Å². The van der Waals surface area contributed by atoms with Gasteiger partial charge in [0.25, 0.3) is 0 Å². The first-order valence-corrected chi connectivity index (χ1v) is 4.20. The van der Waals surface area contributed by atoms with Crippen molar-refractivity contribution >= 4 is 16.0 Å². The van der Waals surface area contributed by atoms with Crippen molar-refractivity contribution < 1.29 is 31.1 Å². The van der Waals surface area contributed by atoms with Gasteiger partial charge in [0.05, 0.1) is 7.11 Å². The average Bonchev–Trinajstić information content (AvgIpc) is 1.84. The molecule has 0 saturated carbocycles. The number of carbonyl (C=O) groups is 1. The summed E-state index contributed by atoms with van der Waals surface area (Å²) in [6.07, 6.45) is 0. The third-order valence-electron chi connectivity index (χ3n) is 0.610. The molecule has 0 fully saturated rings. The van der Waals surface area contributed by atoms with Crippen LogP contribution < -0.4 is 5.14 Å². The number of alkyl halides is 3. The Bertz CT molecular complexity index is 257.